The van der Waals surface area contributed by atoms with Gasteiger partial charge in [-0.3, -0.25) is 4.90 Å². The Morgan fingerprint density at radius 2 is 1.93 bits per heavy atom. The van der Waals surface area contributed by atoms with Crippen molar-refractivity contribution < 1.29 is 4.74 Å². The molecule has 2 N–H and O–H groups in total. The standard InChI is InChI=1S/C21H31N5OS/c1-21(2,3)25-11-8-16(9-12-25)27-19-7-6-15(13-23-19)26-10-4-5-18(26)17-14-28-20(22)24-17/h6-7,13-14,16,18H,4-5,8-12H2,1-3H3,(H2,22,24)/t18-/m1/s1. The summed E-state index contributed by atoms with van der Waals surface area (Å²) in [7, 11) is 0. The third kappa shape index (κ3) is 4.25. The lowest BCUT2D eigenvalue weighted by molar-refractivity contribution is 0.0472. The number of nitrogen functional groups attached to an aromatic ring is 1. The summed E-state index contributed by atoms with van der Waals surface area (Å²) < 4.78 is 6.17. The van der Waals surface area contributed by atoms with Crippen molar-refractivity contribution in [1.29, 1.82) is 0 Å². The topological polar surface area (TPSA) is 67.5 Å². The molecule has 0 unspecified atom stereocenters. The van der Waals surface area contributed by atoms with Gasteiger partial charge in [0.1, 0.15) is 6.10 Å². The largest absolute Gasteiger partial charge is 0.474 e. The van der Waals surface area contributed by atoms with Crippen LogP contribution in [0.25, 0.3) is 0 Å². The van der Waals surface area contributed by atoms with Crippen LogP contribution >= 0.6 is 11.3 Å². The van der Waals surface area contributed by atoms with E-state index < -0.39 is 0 Å². The zero-order valence-electron chi connectivity index (χ0n) is 17.1. The SMILES string of the molecule is CC(C)(C)N1CCC(Oc2ccc(N3CCC[C@@H]3c3csc(N)n3)cn2)CC1. The molecule has 2 aliphatic heterocycles. The van der Waals surface area contributed by atoms with Gasteiger partial charge in [0.05, 0.1) is 23.6 Å². The van der Waals surface area contributed by atoms with E-state index in [4.69, 9.17) is 10.5 Å². The zero-order valence-corrected chi connectivity index (χ0v) is 17.9. The van der Waals surface area contributed by atoms with Crippen LogP contribution < -0.4 is 15.4 Å². The molecule has 4 heterocycles. The highest BCUT2D eigenvalue weighted by Crippen LogP contribution is 2.37. The van der Waals surface area contributed by atoms with E-state index in [1.54, 1.807) is 0 Å². The minimum atomic E-state index is 0.235. The first-order chi connectivity index (χ1) is 13.4. The Balaban J connectivity index is 1.36. The van der Waals surface area contributed by atoms with Crippen LogP contribution in [0.15, 0.2) is 23.7 Å². The summed E-state index contributed by atoms with van der Waals surface area (Å²) in [5, 5.41) is 2.72. The highest BCUT2D eigenvalue weighted by Gasteiger charge is 2.29. The number of pyridine rings is 1. The summed E-state index contributed by atoms with van der Waals surface area (Å²) in [6, 6.07) is 4.43. The molecule has 0 bridgehead atoms. The van der Waals surface area contributed by atoms with Crippen molar-refractivity contribution in [2.45, 2.75) is 64.1 Å². The Morgan fingerprint density at radius 1 is 1.14 bits per heavy atom. The molecule has 7 heteroatoms. The second-order valence-corrected chi connectivity index (χ2v) is 9.68. The molecule has 28 heavy (non-hydrogen) atoms. The van der Waals surface area contributed by atoms with Gasteiger partial charge >= 0.3 is 0 Å². The van der Waals surface area contributed by atoms with Crippen LogP contribution in [-0.2, 0) is 0 Å². The van der Waals surface area contributed by atoms with Gasteiger partial charge in [-0.05, 0) is 52.5 Å². The smallest absolute Gasteiger partial charge is 0.213 e. The molecule has 0 radical (unpaired) electrons. The first kappa shape index (κ1) is 19.5. The molecule has 4 rings (SSSR count). The third-order valence-corrected chi connectivity index (χ3v) is 6.56. The molecule has 2 aromatic rings. The molecule has 0 amide bonds. The Bertz CT molecular complexity index is 777. The molecule has 2 saturated heterocycles. The summed E-state index contributed by atoms with van der Waals surface area (Å²) in [6.45, 7) is 10.0. The molecule has 0 aromatic carbocycles. The van der Waals surface area contributed by atoms with Crippen molar-refractivity contribution in [3.8, 4) is 5.88 Å². The van der Waals surface area contributed by atoms with Crippen molar-refractivity contribution in [2.75, 3.05) is 30.3 Å². The monoisotopic (exact) mass is 401 g/mol. The van der Waals surface area contributed by atoms with Crippen molar-refractivity contribution in [2.24, 2.45) is 0 Å². The number of ether oxygens (including phenoxy) is 1. The maximum Gasteiger partial charge on any atom is 0.213 e. The fourth-order valence-electron chi connectivity index (χ4n) is 4.26. The van der Waals surface area contributed by atoms with Gasteiger partial charge in [-0.25, -0.2) is 9.97 Å². The van der Waals surface area contributed by atoms with Crippen molar-refractivity contribution >= 4 is 22.2 Å². The van der Waals surface area contributed by atoms with Crippen molar-refractivity contribution in [3.05, 3.63) is 29.4 Å². The van der Waals surface area contributed by atoms with E-state index in [1.165, 1.54) is 11.3 Å². The average molecular weight is 402 g/mol. The molecule has 2 fully saturated rings. The van der Waals surface area contributed by atoms with Crippen molar-refractivity contribution in [3.63, 3.8) is 0 Å². The minimum absolute atomic E-state index is 0.235. The highest BCUT2D eigenvalue weighted by molar-refractivity contribution is 7.13. The maximum absolute atomic E-state index is 6.17. The van der Waals surface area contributed by atoms with Crippen LogP contribution in [0.5, 0.6) is 5.88 Å². The molecule has 6 nitrogen and oxygen atoms in total. The van der Waals surface area contributed by atoms with Gasteiger partial charge in [0, 0.05) is 36.6 Å². The summed E-state index contributed by atoms with van der Waals surface area (Å²) in [5.74, 6) is 0.728. The van der Waals surface area contributed by atoms with Gasteiger partial charge in [-0.15, -0.1) is 11.3 Å². The number of thiazole rings is 1. The molecular weight excluding hydrogens is 370 g/mol. The van der Waals surface area contributed by atoms with Gasteiger partial charge < -0.3 is 15.4 Å². The molecule has 0 spiro atoms. The minimum Gasteiger partial charge on any atom is -0.474 e. The van der Waals surface area contributed by atoms with E-state index in [1.807, 2.05) is 12.3 Å². The molecule has 2 aliphatic rings. The fourth-order valence-corrected chi connectivity index (χ4v) is 4.87. The lowest BCUT2D eigenvalue weighted by Gasteiger charge is -2.40. The highest BCUT2D eigenvalue weighted by atomic mass is 32.1. The molecule has 1 atom stereocenters. The van der Waals surface area contributed by atoms with E-state index in [-0.39, 0.29) is 11.6 Å². The number of rotatable bonds is 4. The van der Waals surface area contributed by atoms with Gasteiger partial charge in [-0.1, -0.05) is 0 Å². The maximum atomic E-state index is 6.17. The molecule has 152 valence electrons. The van der Waals surface area contributed by atoms with E-state index in [0.29, 0.717) is 11.2 Å². The van der Waals surface area contributed by atoms with Crippen LogP contribution in [0.4, 0.5) is 10.8 Å². The van der Waals surface area contributed by atoms with Gasteiger partial charge in [0.25, 0.3) is 0 Å². The lowest BCUT2D eigenvalue weighted by atomic mass is 9.99. The summed E-state index contributed by atoms with van der Waals surface area (Å²) in [5.41, 5.74) is 8.27. The van der Waals surface area contributed by atoms with E-state index in [0.717, 1.165) is 62.6 Å². The van der Waals surface area contributed by atoms with Gasteiger partial charge in [-0.2, -0.15) is 0 Å². The number of aromatic nitrogens is 2. The van der Waals surface area contributed by atoms with Crippen LogP contribution in [0.1, 0.15) is 58.2 Å². The predicted octanol–water partition coefficient (Wildman–Crippen LogP) is 4.10. The van der Waals surface area contributed by atoms with E-state index in [9.17, 15) is 0 Å². The molecule has 2 aromatic heterocycles. The lowest BCUT2D eigenvalue weighted by Crippen LogP contribution is -2.48. The summed E-state index contributed by atoms with van der Waals surface area (Å²) in [6.07, 6.45) is 6.57. The second-order valence-electron chi connectivity index (χ2n) is 8.79. The molecule has 0 saturated carbocycles. The quantitative estimate of drug-likeness (QED) is 0.832. The second kappa shape index (κ2) is 7.87. The van der Waals surface area contributed by atoms with Crippen LogP contribution in [0, 0.1) is 0 Å². The Kier molecular flexibility index (Phi) is 5.47. The van der Waals surface area contributed by atoms with Crippen LogP contribution in [0.2, 0.25) is 0 Å². The number of likely N-dealkylation sites (tertiary alicyclic amines) is 1. The van der Waals surface area contributed by atoms with E-state index in [2.05, 4.69) is 52.0 Å². The third-order valence-electron chi connectivity index (χ3n) is 5.86. The predicted molar refractivity (Wildman–Crippen MR) is 115 cm³/mol. The molecule has 0 aliphatic carbocycles. The normalized spacial score (nSPS) is 22.0. The Morgan fingerprint density at radius 3 is 2.54 bits per heavy atom. The van der Waals surface area contributed by atoms with Gasteiger partial charge in [0.15, 0.2) is 5.13 Å². The first-order valence-corrected chi connectivity index (χ1v) is 11.1. The number of piperidine rings is 1. The zero-order chi connectivity index (χ0) is 19.7. The number of hydrogen-bond donors (Lipinski definition) is 1. The van der Waals surface area contributed by atoms with Crippen molar-refractivity contribution in [1.82, 2.24) is 14.9 Å². The fraction of sp³-hybridized carbons (Fsp3) is 0.619. The number of nitrogens with two attached hydrogens (primary N) is 1. The van der Waals surface area contributed by atoms with Crippen LogP contribution in [-0.4, -0.2) is 46.1 Å². The number of anilines is 2. The number of hydrogen-bond acceptors (Lipinski definition) is 7. The molecular formula is C21H31N5OS. The van der Waals surface area contributed by atoms with E-state index >= 15 is 0 Å². The number of nitrogens with zero attached hydrogens (tertiary/aromatic N) is 4. The summed E-state index contributed by atoms with van der Waals surface area (Å²) >= 11 is 1.51. The first-order valence-electron chi connectivity index (χ1n) is 10.3. The average Bonchev–Trinajstić information content (AvgIpc) is 3.31. The van der Waals surface area contributed by atoms with Crippen LogP contribution in [0.3, 0.4) is 0 Å². The Hall–Kier alpha value is -1.86. The summed E-state index contributed by atoms with van der Waals surface area (Å²) in [4.78, 5) is 14.0. The van der Waals surface area contributed by atoms with Gasteiger partial charge in [0.2, 0.25) is 5.88 Å². The Labute approximate surface area is 171 Å².